The Morgan fingerprint density at radius 3 is 2.64 bits per heavy atom. The number of benzene rings is 2. The van der Waals surface area contributed by atoms with Gasteiger partial charge in [-0.15, -0.1) is 0 Å². The SMILES string of the molecule is CC(C)c1ccc2[nH]c(=O)c(CNC(=O)c3ccccc3Cl)cc2c1. The number of aromatic amines is 1. The number of hydrogen-bond donors (Lipinski definition) is 2. The topological polar surface area (TPSA) is 62.0 Å². The number of rotatable bonds is 4. The average Bonchev–Trinajstić information content (AvgIpc) is 2.59. The third-order valence-electron chi connectivity index (χ3n) is 4.17. The first-order valence-electron chi connectivity index (χ1n) is 8.14. The van der Waals surface area contributed by atoms with Gasteiger partial charge in [-0.1, -0.05) is 43.6 Å². The van der Waals surface area contributed by atoms with Gasteiger partial charge in [0.2, 0.25) is 0 Å². The molecule has 0 saturated carbocycles. The third-order valence-corrected chi connectivity index (χ3v) is 4.50. The van der Waals surface area contributed by atoms with Crippen molar-refractivity contribution in [3.63, 3.8) is 0 Å². The Kier molecular flexibility index (Phi) is 4.91. The van der Waals surface area contributed by atoms with Crippen molar-refractivity contribution < 1.29 is 4.79 Å². The number of amides is 1. The van der Waals surface area contributed by atoms with E-state index in [9.17, 15) is 9.59 Å². The Hall–Kier alpha value is -2.59. The molecular formula is C20H19ClN2O2. The van der Waals surface area contributed by atoms with Crippen LogP contribution in [0.3, 0.4) is 0 Å². The van der Waals surface area contributed by atoms with Gasteiger partial charge in [0, 0.05) is 17.6 Å². The first-order valence-corrected chi connectivity index (χ1v) is 8.52. The second-order valence-electron chi connectivity index (χ2n) is 6.29. The number of aromatic nitrogens is 1. The molecule has 0 spiro atoms. The highest BCUT2D eigenvalue weighted by Crippen LogP contribution is 2.20. The molecule has 3 aromatic rings. The highest BCUT2D eigenvalue weighted by Gasteiger charge is 2.11. The van der Waals surface area contributed by atoms with Crippen LogP contribution in [-0.4, -0.2) is 10.9 Å². The second-order valence-corrected chi connectivity index (χ2v) is 6.69. The predicted molar refractivity (Wildman–Crippen MR) is 101 cm³/mol. The highest BCUT2D eigenvalue weighted by molar-refractivity contribution is 6.33. The summed E-state index contributed by atoms with van der Waals surface area (Å²) >= 11 is 6.03. The van der Waals surface area contributed by atoms with E-state index in [-0.39, 0.29) is 18.0 Å². The molecule has 2 aromatic carbocycles. The van der Waals surface area contributed by atoms with Crippen molar-refractivity contribution in [2.24, 2.45) is 0 Å². The Bertz CT molecular complexity index is 992. The van der Waals surface area contributed by atoms with Crippen LogP contribution in [0.25, 0.3) is 10.9 Å². The summed E-state index contributed by atoms with van der Waals surface area (Å²) in [4.78, 5) is 27.4. The van der Waals surface area contributed by atoms with Gasteiger partial charge in [0.1, 0.15) is 0 Å². The smallest absolute Gasteiger partial charge is 0.253 e. The standard InChI is InChI=1S/C20H19ClN2O2/c1-12(2)13-7-8-18-14(9-13)10-15(19(24)23-18)11-22-20(25)16-5-3-4-6-17(16)21/h3-10,12H,11H2,1-2H3,(H,22,25)(H,23,24). The molecule has 0 bridgehead atoms. The molecule has 1 heterocycles. The monoisotopic (exact) mass is 354 g/mol. The van der Waals surface area contributed by atoms with E-state index in [1.807, 2.05) is 18.2 Å². The molecular weight excluding hydrogens is 336 g/mol. The lowest BCUT2D eigenvalue weighted by atomic mass is 10.0. The number of hydrogen-bond acceptors (Lipinski definition) is 2. The first kappa shape index (κ1) is 17.2. The van der Waals surface area contributed by atoms with Gasteiger partial charge >= 0.3 is 0 Å². The maximum absolute atomic E-state index is 12.2. The molecule has 0 unspecified atom stereocenters. The zero-order valence-corrected chi connectivity index (χ0v) is 14.9. The van der Waals surface area contributed by atoms with E-state index in [2.05, 4.69) is 30.2 Å². The summed E-state index contributed by atoms with van der Waals surface area (Å²) in [5.74, 6) is 0.0979. The molecule has 0 aliphatic carbocycles. The minimum absolute atomic E-state index is 0.140. The Morgan fingerprint density at radius 1 is 1.16 bits per heavy atom. The molecule has 0 fully saturated rings. The fourth-order valence-electron chi connectivity index (χ4n) is 2.68. The largest absolute Gasteiger partial charge is 0.348 e. The van der Waals surface area contributed by atoms with Crippen molar-refractivity contribution in [3.8, 4) is 0 Å². The summed E-state index contributed by atoms with van der Waals surface area (Å²) in [5, 5.41) is 4.09. The van der Waals surface area contributed by atoms with Gasteiger partial charge in [-0.05, 0) is 47.2 Å². The lowest BCUT2D eigenvalue weighted by molar-refractivity contribution is 0.0951. The molecule has 25 heavy (non-hydrogen) atoms. The van der Waals surface area contributed by atoms with E-state index in [1.165, 1.54) is 5.56 Å². The Balaban J connectivity index is 1.86. The van der Waals surface area contributed by atoms with Crippen molar-refractivity contribution in [2.45, 2.75) is 26.3 Å². The molecule has 128 valence electrons. The van der Waals surface area contributed by atoms with Gasteiger partial charge in [0.25, 0.3) is 11.5 Å². The molecule has 2 N–H and O–H groups in total. The van der Waals surface area contributed by atoms with E-state index < -0.39 is 0 Å². The molecule has 0 saturated heterocycles. The minimum Gasteiger partial charge on any atom is -0.348 e. The van der Waals surface area contributed by atoms with Gasteiger partial charge in [0.15, 0.2) is 0 Å². The van der Waals surface area contributed by atoms with Crippen LogP contribution in [0, 0.1) is 0 Å². The van der Waals surface area contributed by atoms with Crippen LogP contribution in [0.1, 0.15) is 41.3 Å². The molecule has 1 aromatic heterocycles. The zero-order chi connectivity index (χ0) is 18.0. The lowest BCUT2D eigenvalue weighted by Crippen LogP contribution is -2.26. The van der Waals surface area contributed by atoms with Crippen molar-refractivity contribution >= 4 is 28.4 Å². The fraction of sp³-hybridized carbons (Fsp3) is 0.200. The summed E-state index contributed by atoms with van der Waals surface area (Å²) in [5.41, 5.74) is 2.68. The highest BCUT2D eigenvalue weighted by atomic mass is 35.5. The molecule has 0 aliphatic rings. The van der Waals surface area contributed by atoms with E-state index in [4.69, 9.17) is 11.6 Å². The maximum Gasteiger partial charge on any atom is 0.253 e. The van der Waals surface area contributed by atoms with Gasteiger partial charge in [-0.2, -0.15) is 0 Å². The molecule has 3 rings (SSSR count). The first-order chi connectivity index (χ1) is 12.0. The summed E-state index contributed by atoms with van der Waals surface area (Å²) in [6, 6.07) is 14.6. The maximum atomic E-state index is 12.2. The molecule has 1 amide bonds. The summed E-state index contributed by atoms with van der Waals surface area (Å²) in [6.45, 7) is 4.39. The van der Waals surface area contributed by atoms with Crippen LogP contribution in [-0.2, 0) is 6.54 Å². The fourth-order valence-corrected chi connectivity index (χ4v) is 2.90. The van der Waals surface area contributed by atoms with Crippen molar-refractivity contribution in [3.05, 3.63) is 80.6 Å². The normalized spacial score (nSPS) is 11.0. The van der Waals surface area contributed by atoms with Gasteiger partial charge in [-0.3, -0.25) is 9.59 Å². The number of pyridine rings is 1. The number of fused-ring (bicyclic) bond motifs is 1. The number of nitrogens with one attached hydrogen (secondary N) is 2. The number of H-pyrrole nitrogens is 1. The van der Waals surface area contributed by atoms with Gasteiger partial charge in [-0.25, -0.2) is 0 Å². The van der Waals surface area contributed by atoms with Crippen molar-refractivity contribution in [1.82, 2.24) is 10.3 Å². The minimum atomic E-state index is -0.305. The van der Waals surface area contributed by atoms with Gasteiger partial charge in [0.05, 0.1) is 10.6 Å². The lowest BCUT2D eigenvalue weighted by Gasteiger charge is -2.09. The van der Waals surface area contributed by atoms with Crippen molar-refractivity contribution in [1.29, 1.82) is 0 Å². The number of halogens is 1. The molecule has 0 radical (unpaired) electrons. The van der Waals surface area contributed by atoms with Gasteiger partial charge < -0.3 is 10.3 Å². The van der Waals surface area contributed by atoms with E-state index >= 15 is 0 Å². The summed E-state index contributed by atoms with van der Waals surface area (Å²) in [6.07, 6.45) is 0. The molecule has 0 aliphatic heterocycles. The van der Waals surface area contributed by atoms with Crippen LogP contribution in [0.4, 0.5) is 0 Å². The van der Waals surface area contributed by atoms with E-state index in [0.29, 0.717) is 22.1 Å². The van der Waals surface area contributed by atoms with E-state index in [1.54, 1.807) is 24.3 Å². The number of carbonyl (C=O) groups excluding carboxylic acids is 1. The van der Waals surface area contributed by atoms with E-state index in [0.717, 1.165) is 10.9 Å². The summed E-state index contributed by atoms with van der Waals surface area (Å²) < 4.78 is 0. The zero-order valence-electron chi connectivity index (χ0n) is 14.1. The average molecular weight is 355 g/mol. The molecule has 4 nitrogen and oxygen atoms in total. The van der Waals surface area contributed by atoms with Crippen LogP contribution >= 0.6 is 11.6 Å². The number of carbonyl (C=O) groups is 1. The van der Waals surface area contributed by atoms with Crippen LogP contribution in [0.5, 0.6) is 0 Å². The van der Waals surface area contributed by atoms with Crippen LogP contribution in [0.2, 0.25) is 5.02 Å². The van der Waals surface area contributed by atoms with Crippen LogP contribution in [0.15, 0.2) is 53.3 Å². The predicted octanol–water partition coefficient (Wildman–Crippen LogP) is 4.23. The van der Waals surface area contributed by atoms with Crippen LogP contribution < -0.4 is 10.9 Å². The quantitative estimate of drug-likeness (QED) is 0.736. The third kappa shape index (κ3) is 3.74. The van der Waals surface area contributed by atoms with Crippen molar-refractivity contribution in [2.75, 3.05) is 0 Å². The molecule has 0 atom stereocenters. The Labute approximate surface area is 150 Å². The second kappa shape index (κ2) is 7.11. The Morgan fingerprint density at radius 2 is 1.92 bits per heavy atom. The molecule has 5 heteroatoms. The summed E-state index contributed by atoms with van der Waals surface area (Å²) in [7, 11) is 0.